The van der Waals surface area contributed by atoms with Gasteiger partial charge in [-0.1, -0.05) is 48.5 Å². The molecule has 0 aliphatic carbocycles. The van der Waals surface area contributed by atoms with Crippen molar-refractivity contribution in [2.75, 3.05) is 19.8 Å². The number of benzene rings is 2. The van der Waals surface area contributed by atoms with Crippen LogP contribution in [-0.2, 0) is 0 Å². The molecule has 2 rings (SSSR count). The van der Waals surface area contributed by atoms with Gasteiger partial charge in [0.25, 0.3) is 0 Å². The number of carbonyl (C=O) groups excluding carboxylic acids is 1. The first-order chi connectivity index (χ1) is 9.68. The molecule has 20 heavy (non-hydrogen) atoms. The van der Waals surface area contributed by atoms with Crippen LogP contribution in [0.4, 0.5) is 0 Å². The molecule has 0 saturated carbocycles. The number of thioether (sulfide) groups is 1. The standard InChI is InChI=1S/C17H18NOS/c1-18(2)17(15-11-7-4-8-12-15)20-13-16(19)14-9-5-3-6-10-14/h3-12H,13H2,1-2H3/q+1. The molecule has 0 aromatic heterocycles. The van der Waals surface area contributed by atoms with Crippen molar-refractivity contribution in [3.63, 3.8) is 0 Å². The molecule has 0 N–H and O–H groups in total. The zero-order valence-corrected chi connectivity index (χ0v) is 12.6. The van der Waals surface area contributed by atoms with Crippen LogP contribution in [0.15, 0.2) is 60.7 Å². The first-order valence-electron chi connectivity index (χ1n) is 6.49. The minimum atomic E-state index is 0.158. The first kappa shape index (κ1) is 14.5. The average molecular weight is 284 g/mol. The highest BCUT2D eigenvalue weighted by atomic mass is 32.2. The predicted octanol–water partition coefficient (Wildman–Crippen LogP) is 3.32. The summed E-state index contributed by atoms with van der Waals surface area (Å²) in [5.41, 5.74) is 1.91. The van der Waals surface area contributed by atoms with Crippen molar-refractivity contribution in [1.29, 1.82) is 0 Å². The van der Waals surface area contributed by atoms with Gasteiger partial charge < -0.3 is 0 Å². The molecule has 0 bridgehead atoms. The highest BCUT2D eigenvalue weighted by Gasteiger charge is 2.15. The second-order valence-electron chi connectivity index (χ2n) is 4.64. The molecule has 0 aliphatic rings. The number of carbonyl (C=O) groups is 1. The van der Waals surface area contributed by atoms with Gasteiger partial charge in [0.05, 0.1) is 11.3 Å². The zero-order valence-electron chi connectivity index (χ0n) is 11.7. The molecule has 2 aromatic rings. The fraction of sp³-hybridized carbons (Fsp3) is 0.176. The predicted molar refractivity (Wildman–Crippen MR) is 85.9 cm³/mol. The van der Waals surface area contributed by atoms with Gasteiger partial charge in [-0.05, 0) is 23.9 Å². The van der Waals surface area contributed by atoms with Crippen LogP contribution in [0.25, 0.3) is 0 Å². The zero-order chi connectivity index (χ0) is 14.4. The van der Waals surface area contributed by atoms with Gasteiger partial charge in [-0.3, -0.25) is 4.79 Å². The van der Waals surface area contributed by atoms with E-state index in [2.05, 4.69) is 16.7 Å². The Morgan fingerprint density at radius 2 is 1.40 bits per heavy atom. The molecule has 2 aromatic carbocycles. The van der Waals surface area contributed by atoms with Crippen LogP contribution in [0.2, 0.25) is 0 Å². The Morgan fingerprint density at radius 3 is 1.90 bits per heavy atom. The lowest BCUT2D eigenvalue weighted by Crippen LogP contribution is -2.14. The van der Waals surface area contributed by atoms with Gasteiger partial charge in [0.15, 0.2) is 5.78 Å². The average Bonchev–Trinajstić information content (AvgIpc) is 2.49. The highest BCUT2D eigenvalue weighted by molar-refractivity contribution is 8.14. The smallest absolute Gasteiger partial charge is 0.242 e. The van der Waals surface area contributed by atoms with Crippen LogP contribution in [0.1, 0.15) is 15.9 Å². The lowest BCUT2D eigenvalue weighted by molar-refractivity contribution is -0.460. The molecular formula is C17H18NOS+. The Hall–Kier alpha value is -1.87. The Balaban J connectivity index is 2.09. The SMILES string of the molecule is C[N+](C)=C(SCC(=O)c1ccccc1)c1ccccc1. The monoisotopic (exact) mass is 284 g/mol. The molecule has 0 heterocycles. The van der Waals surface area contributed by atoms with E-state index in [4.69, 9.17) is 0 Å². The first-order valence-corrected chi connectivity index (χ1v) is 7.48. The molecule has 102 valence electrons. The maximum Gasteiger partial charge on any atom is 0.242 e. The summed E-state index contributed by atoms with van der Waals surface area (Å²) >= 11 is 1.58. The van der Waals surface area contributed by atoms with Crippen LogP contribution in [0.5, 0.6) is 0 Å². The van der Waals surface area contributed by atoms with Crippen molar-refractivity contribution >= 4 is 22.6 Å². The third-order valence-electron chi connectivity index (χ3n) is 2.86. The fourth-order valence-electron chi connectivity index (χ4n) is 1.89. The molecule has 0 spiro atoms. The van der Waals surface area contributed by atoms with Crippen molar-refractivity contribution < 1.29 is 9.37 Å². The van der Waals surface area contributed by atoms with Gasteiger partial charge in [0.2, 0.25) is 5.04 Å². The van der Waals surface area contributed by atoms with Gasteiger partial charge in [-0.25, -0.2) is 4.58 Å². The molecule has 0 saturated heterocycles. The minimum absolute atomic E-state index is 0.158. The maximum atomic E-state index is 12.2. The number of hydrogen-bond acceptors (Lipinski definition) is 2. The van der Waals surface area contributed by atoms with E-state index in [0.29, 0.717) is 5.75 Å². The van der Waals surface area contributed by atoms with E-state index in [1.807, 2.05) is 62.6 Å². The van der Waals surface area contributed by atoms with Gasteiger partial charge >= 0.3 is 0 Å². The number of rotatable bonds is 4. The Kier molecular flexibility index (Phi) is 5.13. The van der Waals surface area contributed by atoms with Gasteiger partial charge in [-0.15, -0.1) is 0 Å². The van der Waals surface area contributed by atoms with Crippen LogP contribution >= 0.6 is 11.8 Å². The number of ketones is 1. The normalized spacial score (nSPS) is 10.1. The van der Waals surface area contributed by atoms with Gasteiger partial charge in [-0.2, -0.15) is 0 Å². The molecule has 0 radical (unpaired) electrons. The van der Waals surface area contributed by atoms with E-state index in [1.165, 1.54) is 0 Å². The summed E-state index contributed by atoms with van der Waals surface area (Å²) in [7, 11) is 4.00. The Morgan fingerprint density at radius 1 is 0.900 bits per heavy atom. The largest absolute Gasteiger partial charge is 0.293 e. The molecule has 0 amide bonds. The van der Waals surface area contributed by atoms with E-state index in [9.17, 15) is 4.79 Å². The lowest BCUT2D eigenvalue weighted by Gasteiger charge is -2.04. The van der Waals surface area contributed by atoms with E-state index in [1.54, 1.807) is 11.8 Å². The quantitative estimate of drug-likeness (QED) is 0.371. The van der Waals surface area contributed by atoms with Gasteiger partial charge in [0, 0.05) is 5.56 Å². The van der Waals surface area contributed by atoms with Gasteiger partial charge in [0.1, 0.15) is 14.1 Å². The number of Topliss-reactive ketones (excluding diaryl/α,β-unsaturated/α-hetero) is 1. The molecular weight excluding hydrogens is 266 g/mol. The van der Waals surface area contributed by atoms with E-state index in [0.717, 1.165) is 16.2 Å². The second kappa shape index (κ2) is 7.06. The molecule has 0 fully saturated rings. The maximum absolute atomic E-state index is 12.2. The van der Waals surface area contributed by atoms with Crippen LogP contribution in [0.3, 0.4) is 0 Å². The van der Waals surface area contributed by atoms with Crippen LogP contribution < -0.4 is 0 Å². The summed E-state index contributed by atoms with van der Waals surface area (Å²) in [6.07, 6.45) is 0. The molecule has 0 atom stereocenters. The molecule has 0 unspecified atom stereocenters. The Labute approximate surface area is 124 Å². The Bertz CT molecular complexity index is 601. The van der Waals surface area contributed by atoms with E-state index >= 15 is 0 Å². The van der Waals surface area contributed by atoms with Crippen LogP contribution in [0, 0.1) is 0 Å². The summed E-state index contributed by atoms with van der Waals surface area (Å²) in [6.45, 7) is 0. The summed E-state index contributed by atoms with van der Waals surface area (Å²) in [4.78, 5) is 12.2. The molecule has 3 heteroatoms. The third kappa shape index (κ3) is 3.81. The second-order valence-corrected chi connectivity index (χ2v) is 5.61. The van der Waals surface area contributed by atoms with Crippen molar-refractivity contribution in [2.45, 2.75) is 0 Å². The highest BCUT2D eigenvalue weighted by Crippen LogP contribution is 2.15. The lowest BCUT2D eigenvalue weighted by atomic mass is 10.2. The minimum Gasteiger partial charge on any atom is -0.293 e. The molecule has 0 aliphatic heterocycles. The number of hydrogen-bond donors (Lipinski definition) is 0. The topological polar surface area (TPSA) is 20.1 Å². The van der Waals surface area contributed by atoms with Crippen LogP contribution in [-0.4, -0.2) is 35.3 Å². The summed E-state index contributed by atoms with van der Waals surface area (Å²) in [5, 5.41) is 1.11. The fourth-order valence-corrected chi connectivity index (χ4v) is 2.89. The summed E-state index contributed by atoms with van der Waals surface area (Å²) in [6, 6.07) is 19.6. The van der Waals surface area contributed by atoms with Crippen molar-refractivity contribution in [3.05, 3.63) is 71.8 Å². The third-order valence-corrected chi connectivity index (χ3v) is 4.14. The van der Waals surface area contributed by atoms with E-state index < -0.39 is 0 Å². The van der Waals surface area contributed by atoms with E-state index in [-0.39, 0.29) is 5.78 Å². The van der Waals surface area contributed by atoms with Crippen molar-refractivity contribution in [2.24, 2.45) is 0 Å². The van der Waals surface area contributed by atoms with Crippen molar-refractivity contribution in [3.8, 4) is 0 Å². The summed E-state index contributed by atoms with van der Waals surface area (Å²) < 4.78 is 2.05. The van der Waals surface area contributed by atoms with Crippen molar-refractivity contribution in [1.82, 2.24) is 0 Å². The number of nitrogens with zero attached hydrogens (tertiary/aromatic N) is 1. The summed E-state index contributed by atoms with van der Waals surface area (Å²) in [5.74, 6) is 0.609. The molecule has 2 nitrogen and oxygen atoms in total.